The monoisotopic (exact) mass is 389 g/mol. The van der Waals surface area contributed by atoms with Crippen molar-refractivity contribution in [3.8, 4) is 0 Å². The molecule has 0 radical (unpaired) electrons. The Morgan fingerprint density at radius 2 is 1.85 bits per heavy atom. The molecule has 0 aromatic rings. The molecule has 0 saturated carbocycles. The van der Waals surface area contributed by atoms with Gasteiger partial charge in [-0.15, -0.1) is 5.06 Å². The molecule has 0 aromatic carbocycles. The van der Waals surface area contributed by atoms with Gasteiger partial charge in [-0.3, -0.25) is 14.4 Å². The van der Waals surface area contributed by atoms with Gasteiger partial charge in [-0.1, -0.05) is 20.8 Å². The molecule has 1 rings (SSSR count). The first-order valence-corrected chi connectivity index (χ1v) is 11.6. The van der Waals surface area contributed by atoms with Crippen LogP contribution in [0, 0.1) is 0 Å². The molecule has 0 N–H and O–H groups in total. The van der Waals surface area contributed by atoms with Gasteiger partial charge in [-0.05, 0) is 18.1 Å². The average Bonchev–Trinajstić information content (AvgIpc) is 2.78. The van der Waals surface area contributed by atoms with Crippen LogP contribution in [0.1, 0.15) is 41.0 Å². The first-order chi connectivity index (χ1) is 11.7. The number of hydroxylamine groups is 2. The van der Waals surface area contributed by atoms with Crippen molar-refractivity contribution in [3.05, 3.63) is 0 Å². The number of likely N-dealkylation sites (N-methyl/N-ethyl adjacent to an activating group) is 1. The van der Waals surface area contributed by atoms with Crippen molar-refractivity contribution in [2.75, 3.05) is 13.7 Å². The predicted octanol–water partition coefficient (Wildman–Crippen LogP) is 2.03. The van der Waals surface area contributed by atoms with Crippen LogP contribution in [0.2, 0.25) is 18.1 Å². The Kier molecular flexibility index (Phi) is 7.38. The second-order valence-corrected chi connectivity index (χ2v) is 12.8. The highest BCUT2D eigenvalue weighted by atomic mass is 28.4. The van der Waals surface area contributed by atoms with Crippen molar-refractivity contribution in [1.29, 1.82) is 0 Å². The Labute approximate surface area is 156 Å². The fourth-order valence-electron chi connectivity index (χ4n) is 2.43. The summed E-state index contributed by atoms with van der Waals surface area (Å²) in [6.07, 6.45) is -1.45. The zero-order valence-electron chi connectivity index (χ0n) is 17.0. The molecule has 8 nitrogen and oxygen atoms in total. The van der Waals surface area contributed by atoms with Crippen molar-refractivity contribution in [2.24, 2.45) is 0 Å². The minimum absolute atomic E-state index is 0.0614. The topological polar surface area (TPSA) is 91.4 Å². The molecule has 26 heavy (non-hydrogen) atoms. The molecule has 1 heterocycles. The molecule has 3 atom stereocenters. The zero-order valence-corrected chi connectivity index (χ0v) is 18.0. The number of nitrogens with zero attached hydrogens (tertiary/aromatic N) is 1. The number of rotatable bonds is 7. The molecule has 0 bridgehead atoms. The molecule has 0 aromatic heterocycles. The Balaban J connectivity index is 3.16. The van der Waals surface area contributed by atoms with Gasteiger partial charge in [0.05, 0.1) is 12.5 Å². The maximum Gasteiger partial charge on any atom is 0.326 e. The van der Waals surface area contributed by atoms with E-state index in [0.717, 1.165) is 0 Å². The van der Waals surface area contributed by atoms with E-state index in [2.05, 4.69) is 33.9 Å². The van der Waals surface area contributed by atoms with Crippen LogP contribution >= 0.6 is 0 Å². The summed E-state index contributed by atoms with van der Waals surface area (Å²) in [6, 6.07) is -0.517. The molecule has 0 spiro atoms. The van der Waals surface area contributed by atoms with Gasteiger partial charge in [0.25, 0.3) is 0 Å². The first-order valence-electron chi connectivity index (χ1n) is 8.66. The normalized spacial score (nSPS) is 21.1. The van der Waals surface area contributed by atoms with E-state index in [-0.39, 0.29) is 18.1 Å². The molecular weight excluding hydrogens is 358 g/mol. The van der Waals surface area contributed by atoms with Crippen molar-refractivity contribution >= 4 is 26.2 Å². The van der Waals surface area contributed by atoms with E-state index < -0.39 is 44.5 Å². The van der Waals surface area contributed by atoms with Crippen molar-refractivity contribution in [2.45, 2.75) is 77.4 Å². The summed E-state index contributed by atoms with van der Waals surface area (Å²) < 4.78 is 17.1. The van der Waals surface area contributed by atoms with Crippen LogP contribution in [-0.4, -0.2) is 63.2 Å². The molecule has 1 fully saturated rings. The first kappa shape index (κ1) is 22.6. The van der Waals surface area contributed by atoms with Crippen molar-refractivity contribution in [1.82, 2.24) is 5.06 Å². The summed E-state index contributed by atoms with van der Waals surface area (Å²) in [5.41, 5.74) is 0. The van der Waals surface area contributed by atoms with Crippen LogP contribution in [0.25, 0.3) is 0 Å². The van der Waals surface area contributed by atoms with Crippen LogP contribution in [0.15, 0.2) is 0 Å². The highest BCUT2D eigenvalue weighted by Crippen LogP contribution is 2.38. The van der Waals surface area contributed by atoms with Gasteiger partial charge >= 0.3 is 17.9 Å². The molecule has 0 aliphatic carbocycles. The summed E-state index contributed by atoms with van der Waals surface area (Å²) >= 11 is 0. The van der Waals surface area contributed by atoms with Crippen LogP contribution < -0.4 is 0 Å². The lowest BCUT2D eigenvalue weighted by molar-refractivity contribution is -0.185. The fraction of sp³-hybridized carbons (Fsp3) is 0.824. The summed E-state index contributed by atoms with van der Waals surface area (Å²) in [6.45, 7) is 12.9. The van der Waals surface area contributed by atoms with Gasteiger partial charge < -0.3 is 18.7 Å². The molecule has 150 valence electrons. The number of hydrogen-bond acceptors (Lipinski definition) is 8. The number of ether oxygens (including phenoxy) is 2. The van der Waals surface area contributed by atoms with E-state index in [1.807, 2.05) is 0 Å². The second-order valence-electron chi connectivity index (χ2n) is 8.07. The lowest BCUT2D eigenvalue weighted by Crippen LogP contribution is -2.54. The zero-order chi connectivity index (χ0) is 20.3. The average molecular weight is 390 g/mol. The van der Waals surface area contributed by atoms with Gasteiger partial charge in [0.15, 0.2) is 8.32 Å². The number of hydrogen-bond donors (Lipinski definition) is 0. The third kappa shape index (κ3) is 6.06. The van der Waals surface area contributed by atoms with Gasteiger partial charge in [0, 0.05) is 20.9 Å². The SMILES string of the molecule is CC(=O)OC[C@@H](O[Si](C)(C)C(C)(C)C)[C@@H](OC(C)=O)[C@@H]1CC(=O)ON1C. The van der Waals surface area contributed by atoms with Crippen molar-refractivity contribution < 1.29 is 33.1 Å². The molecule has 1 aliphatic heterocycles. The quantitative estimate of drug-likeness (QED) is 0.482. The Morgan fingerprint density at radius 1 is 1.27 bits per heavy atom. The van der Waals surface area contributed by atoms with E-state index in [1.54, 1.807) is 7.05 Å². The Morgan fingerprint density at radius 3 is 2.23 bits per heavy atom. The minimum Gasteiger partial charge on any atom is -0.463 e. The standard InChI is InChI=1S/C17H31NO7Si/c1-11(19)22-10-14(25-26(7,8)17(3,4)5)16(23-12(2)20)13-9-15(21)24-18(13)6/h13-14,16H,9-10H2,1-8H3/t13-,14+,16-/m0/s1. The molecule has 1 saturated heterocycles. The summed E-state index contributed by atoms with van der Waals surface area (Å²) in [5, 5.41) is 1.27. The van der Waals surface area contributed by atoms with E-state index in [1.165, 1.54) is 18.9 Å². The molecule has 0 unspecified atom stereocenters. The smallest absolute Gasteiger partial charge is 0.326 e. The number of carbonyl (C=O) groups is 3. The van der Waals surface area contributed by atoms with Crippen LogP contribution in [0.4, 0.5) is 0 Å². The highest BCUT2D eigenvalue weighted by Gasteiger charge is 2.47. The summed E-state index contributed by atoms with van der Waals surface area (Å²) in [4.78, 5) is 39.7. The second kappa shape index (κ2) is 8.49. The highest BCUT2D eigenvalue weighted by molar-refractivity contribution is 6.74. The maximum atomic E-state index is 11.7. The van der Waals surface area contributed by atoms with E-state index >= 15 is 0 Å². The molecule has 1 aliphatic rings. The third-order valence-corrected chi connectivity index (χ3v) is 9.34. The lowest BCUT2D eigenvalue weighted by atomic mass is 10.0. The van der Waals surface area contributed by atoms with Crippen LogP contribution in [-0.2, 0) is 33.1 Å². The lowest BCUT2D eigenvalue weighted by Gasteiger charge is -2.42. The Hall–Kier alpha value is -1.45. The maximum absolute atomic E-state index is 11.7. The largest absolute Gasteiger partial charge is 0.463 e. The van der Waals surface area contributed by atoms with Gasteiger partial charge in [0.1, 0.15) is 18.8 Å². The predicted molar refractivity (Wildman–Crippen MR) is 96.5 cm³/mol. The van der Waals surface area contributed by atoms with E-state index in [0.29, 0.717) is 0 Å². The van der Waals surface area contributed by atoms with E-state index in [4.69, 9.17) is 18.7 Å². The number of carbonyl (C=O) groups excluding carboxylic acids is 3. The fourth-order valence-corrected chi connectivity index (χ4v) is 3.75. The number of esters is 2. The van der Waals surface area contributed by atoms with E-state index in [9.17, 15) is 14.4 Å². The minimum atomic E-state index is -2.27. The summed E-state index contributed by atoms with van der Waals surface area (Å²) in [7, 11) is -0.672. The molecule has 0 amide bonds. The molecule has 9 heteroatoms. The van der Waals surface area contributed by atoms with Crippen molar-refractivity contribution in [3.63, 3.8) is 0 Å². The van der Waals surface area contributed by atoms with Gasteiger partial charge in [0.2, 0.25) is 0 Å². The van der Waals surface area contributed by atoms with Crippen LogP contribution in [0.3, 0.4) is 0 Å². The Bertz CT molecular complexity index is 544. The summed E-state index contributed by atoms with van der Waals surface area (Å²) in [5.74, 6) is -1.37. The van der Waals surface area contributed by atoms with Crippen LogP contribution in [0.5, 0.6) is 0 Å². The van der Waals surface area contributed by atoms with Gasteiger partial charge in [-0.25, -0.2) is 0 Å². The van der Waals surface area contributed by atoms with Gasteiger partial charge in [-0.2, -0.15) is 0 Å². The molecular formula is C17H31NO7Si. The third-order valence-electron chi connectivity index (χ3n) is 4.84.